The Morgan fingerprint density at radius 2 is 1.52 bits per heavy atom. The molecule has 0 radical (unpaired) electrons. The van der Waals surface area contributed by atoms with Crippen molar-refractivity contribution in [1.29, 1.82) is 0 Å². The number of nitrogens with one attached hydrogen (secondary N) is 1. The molecule has 8 heteroatoms. The van der Waals surface area contributed by atoms with E-state index >= 15 is 0 Å². The maximum atomic E-state index is 13.3. The zero-order chi connectivity index (χ0) is 24.0. The van der Waals surface area contributed by atoms with E-state index in [2.05, 4.69) is 5.32 Å². The van der Waals surface area contributed by atoms with E-state index in [1.54, 1.807) is 24.3 Å². The van der Waals surface area contributed by atoms with Crippen molar-refractivity contribution in [2.45, 2.75) is 25.7 Å². The van der Waals surface area contributed by atoms with Crippen molar-refractivity contribution >= 4 is 21.6 Å². The van der Waals surface area contributed by atoms with Crippen LogP contribution in [0.5, 0.6) is 5.75 Å². The number of ether oxygens (including phenoxy) is 1. The molecule has 1 amide bonds. The molecule has 0 aliphatic heterocycles. The molecule has 33 heavy (non-hydrogen) atoms. The molecule has 0 aliphatic rings. The number of halogens is 1. The van der Waals surface area contributed by atoms with E-state index in [4.69, 9.17) is 4.74 Å². The standard InChI is InChI=1S/C25H27FN2O4S/c1-18-4-8-22(9-5-18)28(33(30,31)24-10-6-21(26)7-11-24)17-25(29)27-12-13-32-23-15-19(2)14-20(3)16-23/h4-11,14-16H,12-13,17H2,1-3H3,(H,27,29). The number of benzene rings is 3. The van der Waals surface area contributed by atoms with Gasteiger partial charge in [-0.15, -0.1) is 0 Å². The molecule has 0 unspecified atom stereocenters. The smallest absolute Gasteiger partial charge is 0.264 e. The lowest BCUT2D eigenvalue weighted by Crippen LogP contribution is -2.41. The lowest BCUT2D eigenvalue weighted by atomic mass is 10.1. The summed E-state index contributed by atoms with van der Waals surface area (Å²) in [6.07, 6.45) is 0. The van der Waals surface area contributed by atoms with Gasteiger partial charge in [0.1, 0.15) is 24.7 Å². The van der Waals surface area contributed by atoms with Gasteiger partial charge in [-0.05, 0) is 80.4 Å². The summed E-state index contributed by atoms with van der Waals surface area (Å²) in [4.78, 5) is 12.5. The fourth-order valence-corrected chi connectivity index (χ4v) is 4.74. The molecule has 6 nitrogen and oxygen atoms in total. The minimum absolute atomic E-state index is 0.101. The summed E-state index contributed by atoms with van der Waals surface area (Å²) in [6.45, 7) is 5.86. The number of carbonyl (C=O) groups excluding carboxylic acids is 1. The fourth-order valence-electron chi connectivity index (χ4n) is 3.32. The number of amides is 1. The van der Waals surface area contributed by atoms with Gasteiger partial charge in [0.05, 0.1) is 17.1 Å². The Hall–Kier alpha value is -3.39. The van der Waals surface area contributed by atoms with Crippen molar-refractivity contribution in [3.05, 3.63) is 89.2 Å². The molecule has 3 rings (SSSR count). The molecule has 0 fully saturated rings. The van der Waals surface area contributed by atoms with Gasteiger partial charge in [-0.25, -0.2) is 12.8 Å². The van der Waals surface area contributed by atoms with Crippen LogP contribution in [0.1, 0.15) is 16.7 Å². The highest BCUT2D eigenvalue weighted by Crippen LogP contribution is 2.24. The van der Waals surface area contributed by atoms with E-state index in [0.717, 1.165) is 33.1 Å². The molecule has 0 aromatic heterocycles. The van der Waals surface area contributed by atoms with Crippen LogP contribution in [0.15, 0.2) is 71.6 Å². The molecule has 0 atom stereocenters. The van der Waals surface area contributed by atoms with Gasteiger partial charge in [0.25, 0.3) is 10.0 Å². The van der Waals surface area contributed by atoms with E-state index in [1.807, 2.05) is 39.0 Å². The van der Waals surface area contributed by atoms with Crippen LogP contribution in [-0.4, -0.2) is 34.0 Å². The first kappa shape index (κ1) is 24.3. The Morgan fingerprint density at radius 3 is 2.12 bits per heavy atom. The highest BCUT2D eigenvalue weighted by Gasteiger charge is 2.27. The van der Waals surface area contributed by atoms with E-state index in [1.165, 1.54) is 12.1 Å². The Morgan fingerprint density at radius 1 is 0.909 bits per heavy atom. The molecule has 3 aromatic rings. The second kappa shape index (κ2) is 10.5. The minimum Gasteiger partial charge on any atom is -0.492 e. The molecule has 1 N–H and O–H groups in total. The number of hydrogen-bond donors (Lipinski definition) is 1. The first-order valence-electron chi connectivity index (χ1n) is 10.5. The lowest BCUT2D eigenvalue weighted by molar-refractivity contribution is -0.119. The summed E-state index contributed by atoms with van der Waals surface area (Å²) in [5, 5.41) is 2.70. The third-order valence-electron chi connectivity index (χ3n) is 4.90. The van der Waals surface area contributed by atoms with Crippen LogP contribution in [0.4, 0.5) is 10.1 Å². The number of rotatable bonds is 9. The molecule has 0 saturated carbocycles. The molecular weight excluding hydrogens is 443 g/mol. The van der Waals surface area contributed by atoms with E-state index in [-0.39, 0.29) is 18.0 Å². The first-order chi connectivity index (χ1) is 15.6. The van der Waals surface area contributed by atoms with Crippen LogP contribution < -0.4 is 14.4 Å². The predicted molar refractivity (Wildman–Crippen MR) is 127 cm³/mol. The summed E-state index contributed by atoms with van der Waals surface area (Å²) >= 11 is 0. The van der Waals surface area contributed by atoms with Gasteiger partial charge in [0.15, 0.2) is 0 Å². The van der Waals surface area contributed by atoms with Gasteiger partial charge >= 0.3 is 0 Å². The molecule has 0 bridgehead atoms. The summed E-state index contributed by atoms with van der Waals surface area (Å²) in [5.74, 6) is -0.315. The van der Waals surface area contributed by atoms with Crippen LogP contribution in [-0.2, 0) is 14.8 Å². The SMILES string of the molecule is Cc1ccc(N(CC(=O)NCCOc2cc(C)cc(C)c2)S(=O)(=O)c2ccc(F)cc2)cc1. The summed E-state index contributed by atoms with van der Waals surface area (Å²) in [6, 6.07) is 17.1. The normalized spacial score (nSPS) is 11.2. The van der Waals surface area contributed by atoms with Crippen LogP contribution >= 0.6 is 0 Å². The summed E-state index contributed by atoms with van der Waals surface area (Å²) in [5.41, 5.74) is 3.44. The number of sulfonamides is 1. The predicted octanol–water partition coefficient (Wildman–Crippen LogP) is 4.14. The highest BCUT2D eigenvalue weighted by molar-refractivity contribution is 7.92. The maximum Gasteiger partial charge on any atom is 0.264 e. The average Bonchev–Trinajstić information content (AvgIpc) is 2.75. The van der Waals surface area contributed by atoms with Gasteiger partial charge in [-0.1, -0.05) is 23.8 Å². The molecule has 174 valence electrons. The van der Waals surface area contributed by atoms with Gasteiger partial charge in [-0.3, -0.25) is 9.10 Å². The van der Waals surface area contributed by atoms with Crippen LogP contribution in [0, 0.1) is 26.6 Å². The second-order valence-corrected chi connectivity index (χ2v) is 9.69. The van der Waals surface area contributed by atoms with Crippen LogP contribution in [0.3, 0.4) is 0 Å². The molecule has 0 spiro atoms. The molecule has 0 aliphatic carbocycles. The van der Waals surface area contributed by atoms with Gasteiger partial charge in [0.2, 0.25) is 5.91 Å². The van der Waals surface area contributed by atoms with Gasteiger partial charge in [0, 0.05) is 0 Å². The van der Waals surface area contributed by atoms with Gasteiger partial charge in [-0.2, -0.15) is 0 Å². The molecule has 0 heterocycles. The first-order valence-corrected chi connectivity index (χ1v) is 11.9. The van der Waals surface area contributed by atoms with Crippen LogP contribution in [0.2, 0.25) is 0 Å². The second-order valence-electron chi connectivity index (χ2n) is 7.82. The Balaban J connectivity index is 1.69. The van der Waals surface area contributed by atoms with Crippen molar-refractivity contribution in [3.63, 3.8) is 0 Å². The van der Waals surface area contributed by atoms with Crippen molar-refractivity contribution < 1.29 is 22.3 Å². The van der Waals surface area contributed by atoms with E-state index in [0.29, 0.717) is 11.4 Å². The third-order valence-corrected chi connectivity index (χ3v) is 6.69. The van der Waals surface area contributed by atoms with Crippen molar-refractivity contribution in [2.75, 3.05) is 24.0 Å². The number of aryl methyl sites for hydroxylation is 3. The third kappa shape index (κ3) is 6.55. The zero-order valence-corrected chi connectivity index (χ0v) is 19.7. The maximum absolute atomic E-state index is 13.3. The topological polar surface area (TPSA) is 75.7 Å². The Bertz CT molecular complexity index is 1190. The van der Waals surface area contributed by atoms with E-state index < -0.39 is 28.3 Å². The Kier molecular flexibility index (Phi) is 7.71. The largest absolute Gasteiger partial charge is 0.492 e. The van der Waals surface area contributed by atoms with Crippen molar-refractivity contribution in [1.82, 2.24) is 5.32 Å². The number of carbonyl (C=O) groups is 1. The Labute approximate surface area is 194 Å². The lowest BCUT2D eigenvalue weighted by Gasteiger charge is -2.24. The van der Waals surface area contributed by atoms with Crippen molar-refractivity contribution in [3.8, 4) is 5.75 Å². The minimum atomic E-state index is -4.09. The molecule has 0 saturated heterocycles. The van der Waals surface area contributed by atoms with Crippen LogP contribution in [0.25, 0.3) is 0 Å². The van der Waals surface area contributed by atoms with Crippen molar-refractivity contribution in [2.24, 2.45) is 0 Å². The number of anilines is 1. The molecular formula is C25H27FN2O4S. The zero-order valence-electron chi connectivity index (χ0n) is 18.8. The summed E-state index contributed by atoms with van der Waals surface area (Å²) in [7, 11) is -4.09. The van der Waals surface area contributed by atoms with E-state index in [9.17, 15) is 17.6 Å². The molecule has 3 aromatic carbocycles. The fraction of sp³-hybridized carbons (Fsp3) is 0.240. The number of hydrogen-bond acceptors (Lipinski definition) is 4. The average molecular weight is 471 g/mol. The summed E-state index contributed by atoms with van der Waals surface area (Å²) < 4.78 is 46.5. The monoisotopic (exact) mass is 470 g/mol. The van der Waals surface area contributed by atoms with Gasteiger partial charge < -0.3 is 10.1 Å². The highest BCUT2D eigenvalue weighted by atomic mass is 32.2. The quantitative estimate of drug-likeness (QED) is 0.477. The number of nitrogens with zero attached hydrogens (tertiary/aromatic N) is 1.